The number of carboxylic acid groups (broad SMARTS) is 1. The molecular formula is C29H40N4O7. The van der Waals surface area contributed by atoms with Gasteiger partial charge in [-0.3, -0.25) is 4.79 Å². The molecule has 1 fully saturated rings. The molecule has 2 amide bonds. The molecule has 0 aliphatic carbocycles. The second-order valence-electron chi connectivity index (χ2n) is 10.9. The second-order valence-corrected chi connectivity index (χ2v) is 10.9. The van der Waals surface area contributed by atoms with Crippen LogP contribution in [0.4, 0.5) is 4.79 Å². The number of unbranched alkanes of at least 4 members (excludes halogenated alkanes) is 3. The first kappa shape index (κ1) is 30.6. The maximum Gasteiger partial charge on any atom is 0.408 e. The molecular weight excluding hydrogens is 516 g/mol. The molecule has 11 heteroatoms. The van der Waals surface area contributed by atoms with Crippen LogP contribution >= 0.6 is 0 Å². The van der Waals surface area contributed by atoms with E-state index in [4.69, 9.17) is 14.2 Å². The van der Waals surface area contributed by atoms with E-state index in [0.717, 1.165) is 19.3 Å². The summed E-state index contributed by atoms with van der Waals surface area (Å²) in [6.07, 6.45) is 4.16. The molecule has 1 aliphatic rings. The van der Waals surface area contributed by atoms with Gasteiger partial charge >= 0.3 is 12.1 Å². The van der Waals surface area contributed by atoms with Crippen LogP contribution in [-0.4, -0.2) is 75.4 Å². The zero-order chi connectivity index (χ0) is 29.4. The number of carbonyl (C=O) groups excluding carboxylic acids is 2. The number of carboxylic acids is 1. The van der Waals surface area contributed by atoms with Crippen LogP contribution in [0.15, 0.2) is 30.9 Å². The summed E-state index contributed by atoms with van der Waals surface area (Å²) in [5.41, 5.74) is 1.03. The molecule has 0 spiro atoms. The lowest BCUT2D eigenvalue weighted by molar-refractivity contribution is -0.149. The summed E-state index contributed by atoms with van der Waals surface area (Å²) >= 11 is 0. The van der Waals surface area contributed by atoms with Crippen molar-refractivity contribution in [2.75, 3.05) is 13.7 Å². The third-order valence-corrected chi connectivity index (χ3v) is 6.50. The van der Waals surface area contributed by atoms with E-state index in [1.807, 2.05) is 6.08 Å². The summed E-state index contributed by atoms with van der Waals surface area (Å²) in [5, 5.41) is 12.6. The number of aryl methyl sites for hydroxylation is 1. The van der Waals surface area contributed by atoms with Gasteiger partial charge in [-0.2, -0.15) is 0 Å². The predicted octanol–water partition coefficient (Wildman–Crippen LogP) is 4.41. The Morgan fingerprint density at radius 1 is 1.20 bits per heavy atom. The van der Waals surface area contributed by atoms with E-state index in [1.165, 1.54) is 4.90 Å². The number of aliphatic carboxylic acids is 1. The average molecular weight is 557 g/mol. The Hall–Kier alpha value is -3.89. The Morgan fingerprint density at radius 3 is 2.60 bits per heavy atom. The summed E-state index contributed by atoms with van der Waals surface area (Å²) in [7, 11) is 1.56. The van der Waals surface area contributed by atoms with E-state index >= 15 is 0 Å². The lowest BCUT2D eigenvalue weighted by Gasteiger charge is -2.28. The molecule has 2 heterocycles. The number of methoxy groups -OCH3 is 1. The van der Waals surface area contributed by atoms with Crippen LogP contribution in [-0.2, 0) is 14.3 Å². The molecule has 2 N–H and O–H groups in total. The maximum absolute atomic E-state index is 13.7. The Morgan fingerprint density at radius 2 is 1.95 bits per heavy atom. The van der Waals surface area contributed by atoms with Crippen molar-refractivity contribution in [1.82, 2.24) is 20.2 Å². The van der Waals surface area contributed by atoms with Gasteiger partial charge in [-0.1, -0.05) is 18.9 Å². The molecule has 40 heavy (non-hydrogen) atoms. The number of nitrogens with zero attached hydrogens (tertiary/aromatic N) is 3. The van der Waals surface area contributed by atoms with Crippen LogP contribution in [0.25, 0.3) is 11.0 Å². The van der Waals surface area contributed by atoms with Gasteiger partial charge in [0.2, 0.25) is 11.8 Å². The minimum absolute atomic E-state index is 0.0238. The quantitative estimate of drug-likeness (QED) is 0.287. The summed E-state index contributed by atoms with van der Waals surface area (Å²) in [4.78, 5) is 48.8. The number of hydrogen-bond acceptors (Lipinski definition) is 8. The van der Waals surface area contributed by atoms with Crippen LogP contribution in [0.5, 0.6) is 11.6 Å². The highest BCUT2D eigenvalue weighted by Crippen LogP contribution is 2.28. The van der Waals surface area contributed by atoms with E-state index in [2.05, 4.69) is 21.9 Å². The molecule has 1 aromatic heterocycles. The molecule has 0 saturated carbocycles. The van der Waals surface area contributed by atoms with Gasteiger partial charge in [0.25, 0.3) is 0 Å². The summed E-state index contributed by atoms with van der Waals surface area (Å²) in [6, 6.07) is 3.27. The van der Waals surface area contributed by atoms with Crippen molar-refractivity contribution < 1.29 is 33.7 Å². The number of benzene rings is 1. The van der Waals surface area contributed by atoms with Gasteiger partial charge in [0.05, 0.1) is 24.7 Å². The molecule has 1 unspecified atom stereocenters. The van der Waals surface area contributed by atoms with Crippen molar-refractivity contribution in [2.45, 2.75) is 90.0 Å². The average Bonchev–Trinajstić information content (AvgIpc) is 3.31. The predicted molar refractivity (Wildman–Crippen MR) is 149 cm³/mol. The normalized spacial score (nSPS) is 17.8. The SMILES string of the molecule is C=CCCCCCC(NC(=O)OC(C)(C)C)C(=O)N1C[C@H](Oc2nc3cc(OC)ccc3nc2C)C[C@H]1C(=O)O. The van der Waals surface area contributed by atoms with E-state index in [1.54, 1.807) is 53.0 Å². The highest BCUT2D eigenvalue weighted by molar-refractivity contribution is 5.90. The Kier molecular flexibility index (Phi) is 10.3. The van der Waals surface area contributed by atoms with Crippen molar-refractivity contribution in [1.29, 1.82) is 0 Å². The number of aromatic nitrogens is 2. The van der Waals surface area contributed by atoms with Crippen LogP contribution < -0.4 is 14.8 Å². The first-order chi connectivity index (χ1) is 18.9. The van der Waals surface area contributed by atoms with Gasteiger partial charge in [-0.05, 0) is 59.1 Å². The van der Waals surface area contributed by atoms with Crippen molar-refractivity contribution in [3.63, 3.8) is 0 Å². The van der Waals surface area contributed by atoms with Gasteiger partial charge in [-0.15, -0.1) is 6.58 Å². The number of rotatable bonds is 12. The second kappa shape index (κ2) is 13.5. The van der Waals surface area contributed by atoms with Crippen LogP contribution in [0.2, 0.25) is 0 Å². The first-order valence-corrected chi connectivity index (χ1v) is 13.5. The van der Waals surface area contributed by atoms with E-state index in [0.29, 0.717) is 35.3 Å². The lowest BCUT2D eigenvalue weighted by atomic mass is 10.1. The summed E-state index contributed by atoms with van der Waals surface area (Å²) < 4.78 is 16.7. The zero-order valence-electron chi connectivity index (χ0n) is 23.9. The number of hydrogen-bond donors (Lipinski definition) is 2. The topological polar surface area (TPSA) is 140 Å². The van der Waals surface area contributed by atoms with Gasteiger partial charge in [0, 0.05) is 12.5 Å². The Labute approximate surface area is 234 Å². The van der Waals surface area contributed by atoms with Crippen LogP contribution in [0, 0.1) is 6.92 Å². The molecule has 218 valence electrons. The monoisotopic (exact) mass is 556 g/mol. The number of likely N-dealkylation sites (tertiary alicyclic amines) is 1. The number of allylic oxidation sites excluding steroid dienone is 1. The van der Waals surface area contributed by atoms with E-state index < -0.39 is 41.8 Å². The van der Waals surface area contributed by atoms with E-state index in [-0.39, 0.29) is 18.8 Å². The van der Waals surface area contributed by atoms with Crippen LogP contribution in [0.3, 0.4) is 0 Å². The van der Waals surface area contributed by atoms with Gasteiger partial charge in [0.1, 0.15) is 35.2 Å². The zero-order valence-corrected chi connectivity index (χ0v) is 23.9. The highest BCUT2D eigenvalue weighted by Gasteiger charge is 2.43. The molecule has 3 atom stereocenters. The fourth-order valence-electron chi connectivity index (χ4n) is 4.58. The first-order valence-electron chi connectivity index (χ1n) is 13.5. The molecule has 1 aliphatic heterocycles. The third kappa shape index (κ3) is 8.30. The molecule has 1 saturated heterocycles. The number of alkyl carbamates (subject to hydrolysis) is 1. The number of ether oxygens (including phenoxy) is 3. The Balaban J connectivity index is 1.78. The maximum atomic E-state index is 13.7. The fraction of sp³-hybridized carbons (Fsp3) is 0.552. The smallest absolute Gasteiger partial charge is 0.408 e. The lowest BCUT2D eigenvalue weighted by Crippen LogP contribution is -2.52. The minimum atomic E-state index is -1.15. The van der Waals surface area contributed by atoms with Crippen molar-refractivity contribution >= 4 is 29.0 Å². The van der Waals surface area contributed by atoms with Crippen molar-refractivity contribution in [3.8, 4) is 11.6 Å². The molecule has 11 nitrogen and oxygen atoms in total. The molecule has 1 aromatic carbocycles. The molecule has 2 aromatic rings. The third-order valence-electron chi connectivity index (χ3n) is 6.50. The minimum Gasteiger partial charge on any atom is -0.497 e. The van der Waals surface area contributed by atoms with Crippen molar-refractivity contribution in [2.24, 2.45) is 0 Å². The summed E-state index contributed by atoms with van der Waals surface area (Å²) in [5.74, 6) is -0.755. The largest absolute Gasteiger partial charge is 0.497 e. The molecule has 0 radical (unpaired) electrons. The van der Waals surface area contributed by atoms with Gasteiger partial charge < -0.3 is 29.5 Å². The molecule has 0 bridgehead atoms. The molecule has 3 rings (SSSR count). The van der Waals surface area contributed by atoms with Gasteiger partial charge in [-0.25, -0.2) is 19.6 Å². The van der Waals surface area contributed by atoms with Crippen LogP contribution in [0.1, 0.15) is 65.0 Å². The Bertz CT molecular complexity index is 1230. The van der Waals surface area contributed by atoms with Crippen molar-refractivity contribution in [3.05, 3.63) is 36.5 Å². The van der Waals surface area contributed by atoms with Gasteiger partial charge in [0.15, 0.2) is 0 Å². The summed E-state index contributed by atoms with van der Waals surface area (Å²) in [6.45, 7) is 10.7. The number of amides is 2. The standard InChI is InChI=1S/C29H40N4O7/c1-7-8-9-10-11-12-22(32-28(37)40-29(3,4)5)26(34)33-17-20(16-24(33)27(35)36)39-25-18(2)30-21-14-13-19(38-6)15-23(21)31-25/h7,13-15,20,22,24H,1,8-12,16-17H2,2-6H3,(H,32,37)(H,35,36)/t20-,22?,24+/m1/s1. The number of fused-ring (bicyclic) bond motifs is 1. The van der Waals surface area contributed by atoms with E-state index in [9.17, 15) is 19.5 Å². The number of carbonyl (C=O) groups is 3. The fourth-order valence-corrected chi connectivity index (χ4v) is 4.58. The number of nitrogens with one attached hydrogen (secondary N) is 1. The highest BCUT2D eigenvalue weighted by atomic mass is 16.6.